The van der Waals surface area contributed by atoms with Crippen molar-refractivity contribution in [3.8, 4) is 0 Å². The van der Waals surface area contributed by atoms with Gasteiger partial charge in [-0.25, -0.2) is 13.4 Å². The molecule has 1 saturated heterocycles. The van der Waals surface area contributed by atoms with E-state index in [1.165, 1.54) is 0 Å². The van der Waals surface area contributed by atoms with Crippen molar-refractivity contribution in [2.45, 2.75) is 19.0 Å². The van der Waals surface area contributed by atoms with Crippen molar-refractivity contribution in [1.82, 2.24) is 15.0 Å². The molecular formula is C15H19N5O2S. The van der Waals surface area contributed by atoms with Gasteiger partial charge < -0.3 is 10.2 Å². The first-order valence-corrected chi connectivity index (χ1v) is 9.26. The van der Waals surface area contributed by atoms with Gasteiger partial charge in [-0.15, -0.1) is 0 Å². The van der Waals surface area contributed by atoms with E-state index >= 15 is 0 Å². The van der Waals surface area contributed by atoms with Crippen LogP contribution in [-0.2, 0) is 16.4 Å². The summed E-state index contributed by atoms with van der Waals surface area (Å²) in [6.45, 7) is 0.568. The second kappa shape index (κ2) is 6.49. The molecule has 7 nitrogen and oxygen atoms in total. The minimum absolute atomic E-state index is 0.0639. The van der Waals surface area contributed by atoms with Gasteiger partial charge in [0.2, 0.25) is 5.95 Å². The van der Waals surface area contributed by atoms with Gasteiger partial charge in [-0.2, -0.15) is 4.98 Å². The summed E-state index contributed by atoms with van der Waals surface area (Å²) in [6, 6.07) is 7.46. The van der Waals surface area contributed by atoms with Gasteiger partial charge >= 0.3 is 0 Å². The number of aromatic nitrogens is 3. The molecule has 8 heteroatoms. The maximum Gasteiger partial charge on any atom is 0.227 e. The Balaban J connectivity index is 1.67. The summed E-state index contributed by atoms with van der Waals surface area (Å²) in [6.07, 6.45) is 4.04. The van der Waals surface area contributed by atoms with Crippen LogP contribution in [0.3, 0.4) is 0 Å². The number of pyridine rings is 1. The third-order valence-corrected chi connectivity index (χ3v) is 5.64. The third-order valence-electron chi connectivity index (χ3n) is 3.89. The Morgan fingerprint density at radius 1 is 1.26 bits per heavy atom. The van der Waals surface area contributed by atoms with Crippen LogP contribution in [0.1, 0.15) is 12.1 Å². The van der Waals surface area contributed by atoms with Crippen molar-refractivity contribution < 1.29 is 8.42 Å². The SMILES string of the molecule is CN(c1nccc(NCc2ccccn2)n1)C1CCS(=O)(=O)C1. The molecule has 122 valence electrons. The fourth-order valence-electron chi connectivity index (χ4n) is 2.54. The fraction of sp³-hybridized carbons (Fsp3) is 0.400. The lowest BCUT2D eigenvalue weighted by atomic mass is 10.2. The monoisotopic (exact) mass is 333 g/mol. The Morgan fingerprint density at radius 3 is 2.83 bits per heavy atom. The van der Waals surface area contributed by atoms with Crippen LogP contribution in [-0.4, -0.2) is 48.0 Å². The van der Waals surface area contributed by atoms with Crippen molar-refractivity contribution in [3.63, 3.8) is 0 Å². The third kappa shape index (κ3) is 3.95. The van der Waals surface area contributed by atoms with Crippen LogP contribution in [0.4, 0.5) is 11.8 Å². The van der Waals surface area contributed by atoms with Gasteiger partial charge in [-0.1, -0.05) is 6.07 Å². The van der Waals surface area contributed by atoms with E-state index < -0.39 is 9.84 Å². The first kappa shape index (κ1) is 15.7. The molecule has 23 heavy (non-hydrogen) atoms. The molecule has 1 N–H and O–H groups in total. The molecule has 3 heterocycles. The highest BCUT2D eigenvalue weighted by Gasteiger charge is 2.31. The minimum Gasteiger partial charge on any atom is -0.364 e. The van der Waals surface area contributed by atoms with Crippen LogP contribution in [0.15, 0.2) is 36.7 Å². The van der Waals surface area contributed by atoms with Crippen LogP contribution in [0, 0.1) is 0 Å². The molecule has 0 aliphatic carbocycles. The van der Waals surface area contributed by atoms with Crippen LogP contribution in [0.25, 0.3) is 0 Å². The Hall–Kier alpha value is -2.22. The highest BCUT2D eigenvalue weighted by atomic mass is 32.2. The Labute approximate surface area is 135 Å². The molecule has 0 saturated carbocycles. The van der Waals surface area contributed by atoms with Gasteiger partial charge in [-0.05, 0) is 24.6 Å². The van der Waals surface area contributed by atoms with Gasteiger partial charge in [0.05, 0.1) is 23.7 Å². The van der Waals surface area contributed by atoms with Gasteiger partial charge in [0.1, 0.15) is 5.82 Å². The number of hydrogen-bond acceptors (Lipinski definition) is 7. The lowest BCUT2D eigenvalue weighted by molar-refractivity contribution is 0.600. The summed E-state index contributed by atoms with van der Waals surface area (Å²) in [5.74, 6) is 1.62. The van der Waals surface area contributed by atoms with Gasteiger partial charge in [0.15, 0.2) is 9.84 Å². The first-order chi connectivity index (χ1) is 11.0. The Bertz CT molecular complexity index is 766. The average molecular weight is 333 g/mol. The zero-order chi connectivity index (χ0) is 16.3. The summed E-state index contributed by atoms with van der Waals surface area (Å²) >= 11 is 0. The average Bonchev–Trinajstić information content (AvgIpc) is 2.93. The van der Waals surface area contributed by atoms with Crippen molar-refractivity contribution in [1.29, 1.82) is 0 Å². The first-order valence-electron chi connectivity index (χ1n) is 7.43. The normalized spacial score (nSPS) is 19.4. The standard InChI is InChI=1S/C15H19N5O2S/c1-20(13-6-9-23(21,22)11-13)15-17-8-5-14(19-15)18-10-12-4-2-3-7-16-12/h2-5,7-8,13H,6,9-11H2,1H3,(H,17,18,19). The van der Waals surface area contributed by atoms with E-state index in [9.17, 15) is 8.42 Å². The smallest absolute Gasteiger partial charge is 0.227 e. The molecule has 1 unspecified atom stereocenters. The number of nitrogens with zero attached hydrogens (tertiary/aromatic N) is 4. The number of nitrogens with one attached hydrogen (secondary N) is 1. The summed E-state index contributed by atoms with van der Waals surface area (Å²) < 4.78 is 23.2. The number of sulfone groups is 1. The number of rotatable bonds is 5. The summed E-state index contributed by atoms with van der Waals surface area (Å²) in [7, 11) is -1.09. The molecule has 0 radical (unpaired) electrons. The largest absolute Gasteiger partial charge is 0.364 e. The topological polar surface area (TPSA) is 88.1 Å². The van der Waals surface area contributed by atoms with Crippen molar-refractivity contribution in [2.75, 3.05) is 28.8 Å². The van der Waals surface area contributed by atoms with Crippen molar-refractivity contribution in [3.05, 3.63) is 42.4 Å². The lowest BCUT2D eigenvalue weighted by Crippen LogP contribution is -2.33. The molecule has 1 aliphatic rings. The minimum atomic E-state index is -2.93. The molecule has 0 aromatic carbocycles. The van der Waals surface area contributed by atoms with Crippen LogP contribution < -0.4 is 10.2 Å². The summed E-state index contributed by atoms with van der Waals surface area (Å²) in [5, 5.41) is 3.20. The van der Waals surface area contributed by atoms with Crippen molar-refractivity contribution in [2.24, 2.45) is 0 Å². The summed E-state index contributed by atoms with van der Waals surface area (Å²) in [5.41, 5.74) is 0.919. The molecule has 2 aromatic heterocycles. The van der Waals surface area contributed by atoms with Gasteiger partial charge in [0, 0.05) is 25.5 Å². The van der Waals surface area contributed by atoms with E-state index in [1.54, 1.807) is 18.5 Å². The maximum atomic E-state index is 11.6. The van der Waals surface area contributed by atoms with Crippen LogP contribution in [0.5, 0.6) is 0 Å². The number of hydrogen-bond donors (Lipinski definition) is 1. The number of anilines is 2. The van der Waals surface area contributed by atoms with E-state index in [1.807, 2.05) is 30.1 Å². The van der Waals surface area contributed by atoms with Crippen molar-refractivity contribution >= 4 is 21.6 Å². The molecule has 0 amide bonds. The maximum absolute atomic E-state index is 11.6. The molecule has 0 bridgehead atoms. The van der Waals surface area contributed by atoms with Gasteiger partial charge in [-0.3, -0.25) is 4.98 Å². The summed E-state index contributed by atoms with van der Waals surface area (Å²) in [4.78, 5) is 14.8. The van der Waals surface area contributed by atoms with Crippen LogP contribution >= 0.6 is 0 Å². The van der Waals surface area contributed by atoms with E-state index in [4.69, 9.17) is 0 Å². The van der Waals surface area contributed by atoms with Gasteiger partial charge in [0.25, 0.3) is 0 Å². The zero-order valence-electron chi connectivity index (χ0n) is 12.9. The quantitative estimate of drug-likeness (QED) is 0.876. The highest BCUT2D eigenvalue weighted by molar-refractivity contribution is 7.91. The molecule has 1 atom stereocenters. The molecule has 0 spiro atoms. The fourth-order valence-corrected chi connectivity index (χ4v) is 4.32. The second-order valence-electron chi connectivity index (χ2n) is 5.58. The molecule has 2 aromatic rings. The Morgan fingerprint density at radius 2 is 2.13 bits per heavy atom. The predicted octanol–water partition coefficient (Wildman–Crippen LogP) is 1.11. The second-order valence-corrected chi connectivity index (χ2v) is 7.81. The lowest BCUT2D eigenvalue weighted by Gasteiger charge is -2.23. The molecular weight excluding hydrogens is 314 g/mol. The highest BCUT2D eigenvalue weighted by Crippen LogP contribution is 2.20. The Kier molecular flexibility index (Phi) is 4.42. The van der Waals surface area contributed by atoms with E-state index in [-0.39, 0.29) is 17.5 Å². The van der Waals surface area contributed by atoms with E-state index in [2.05, 4.69) is 20.3 Å². The van der Waals surface area contributed by atoms with Crippen LogP contribution in [0.2, 0.25) is 0 Å². The molecule has 3 rings (SSSR count). The molecule has 1 fully saturated rings. The predicted molar refractivity (Wildman–Crippen MR) is 89.1 cm³/mol. The molecule has 1 aliphatic heterocycles. The van der Waals surface area contributed by atoms with E-state index in [0.717, 1.165) is 5.69 Å². The van der Waals surface area contributed by atoms with E-state index in [0.29, 0.717) is 24.7 Å². The zero-order valence-corrected chi connectivity index (χ0v) is 13.7.